The van der Waals surface area contributed by atoms with Gasteiger partial charge in [0.1, 0.15) is 17.8 Å². The summed E-state index contributed by atoms with van der Waals surface area (Å²) < 4.78 is 0. The van der Waals surface area contributed by atoms with E-state index in [0.29, 0.717) is 24.7 Å². The molecule has 2 aromatic heterocycles. The summed E-state index contributed by atoms with van der Waals surface area (Å²) in [5, 5.41) is 4.76. The van der Waals surface area contributed by atoms with Gasteiger partial charge in [-0.25, -0.2) is 14.8 Å². The van der Waals surface area contributed by atoms with E-state index in [4.69, 9.17) is 11.6 Å². The third-order valence-electron chi connectivity index (χ3n) is 6.64. The van der Waals surface area contributed by atoms with Gasteiger partial charge in [-0.3, -0.25) is 0 Å². The molecule has 180 valence electrons. The molecule has 2 atom stereocenters. The highest BCUT2D eigenvalue weighted by atomic mass is 35.5. The van der Waals surface area contributed by atoms with E-state index < -0.39 is 0 Å². The van der Waals surface area contributed by atoms with Crippen LogP contribution in [0.2, 0.25) is 5.02 Å². The largest absolute Gasteiger partial charge is 0.352 e. The van der Waals surface area contributed by atoms with E-state index in [1.165, 1.54) is 5.56 Å². The Labute approximate surface area is 210 Å². The number of aryl methyl sites for hydroxylation is 1. The molecule has 7 nitrogen and oxygen atoms in total. The van der Waals surface area contributed by atoms with Crippen LogP contribution in [-0.4, -0.2) is 51.6 Å². The van der Waals surface area contributed by atoms with Crippen molar-refractivity contribution in [3.8, 4) is 11.3 Å². The number of carbonyl (C=O) groups is 1. The summed E-state index contributed by atoms with van der Waals surface area (Å²) in [6.07, 6.45) is 1.60. The Morgan fingerprint density at radius 2 is 1.94 bits per heavy atom. The van der Waals surface area contributed by atoms with Gasteiger partial charge in [0, 0.05) is 36.4 Å². The van der Waals surface area contributed by atoms with Gasteiger partial charge in [-0.15, -0.1) is 0 Å². The van der Waals surface area contributed by atoms with Crippen molar-refractivity contribution < 1.29 is 4.79 Å². The molecule has 4 aromatic rings. The number of hydrogen-bond acceptors (Lipinski definition) is 4. The first-order chi connectivity index (χ1) is 16.9. The zero-order valence-electron chi connectivity index (χ0n) is 20.1. The number of nitrogens with zero attached hydrogens (tertiary/aromatic N) is 4. The summed E-state index contributed by atoms with van der Waals surface area (Å²) in [7, 11) is 0. The number of halogens is 1. The maximum Gasteiger partial charge on any atom is 0.318 e. The number of fused-ring (bicyclic) bond motifs is 1. The standard InChI is InChI=1S/C27H29ClN6O/c1-17-7-9-20(10-8-17)24-14-23-25(32-24)29-16-30-26(23)33-11-12-34(18(2)15-33)27(35)31-19(3)21-5-4-6-22(28)13-21/h4-10,13-14,16,18-19H,11-12,15H2,1-3H3,(H,31,35)(H,29,30,32)/t18-,19+/m1/s1. The van der Waals surface area contributed by atoms with E-state index in [1.54, 1.807) is 6.33 Å². The van der Waals surface area contributed by atoms with Crippen molar-refractivity contribution in [1.29, 1.82) is 0 Å². The SMILES string of the molecule is Cc1ccc(-c2cc3c(N4CCN(C(=O)N[C@@H](C)c5cccc(Cl)c5)[C@H](C)C4)ncnc3[nH]2)cc1. The number of aromatic nitrogens is 3. The van der Waals surface area contributed by atoms with Crippen LogP contribution in [-0.2, 0) is 0 Å². The number of anilines is 1. The van der Waals surface area contributed by atoms with Crippen molar-refractivity contribution in [3.63, 3.8) is 0 Å². The van der Waals surface area contributed by atoms with Crippen LogP contribution >= 0.6 is 11.6 Å². The number of amides is 2. The Morgan fingerprint density at radius 1 is 1.14 bits per heavy atom. The zero-order chi connectivity index (χ0) is 24.5. The number of urea groups is 1. The van der Waals surface area contributed by atoms with Crippen LogP contribution in [0.1, 0.15) is 31.0 Å². The van der Waals surface area contributed by atoms with Gasteiger partial charge in [-0.1, -0.05) is 53.6 Å². The summed E-state index contributed by atoms with van der Waals surface area (Å²) in [6, 6.07) is 18.0. The first kappa shape index (κ1) is 23.2. The Kier molecular flexibility index (Phi) is 6.34. The minimum atomic E-state index is -0.132. The van der Waals surface area contributed by atoms with Crippen molar-refractivity contribution in [2.75, 3.05) is 24.5 Å². The molecule has 8 heteroatoms. The number of benzene rings is 2. The predicted molar refractivity (Wildman–Crippen MR) is 141 cm³/mol. The van der Waals surface area contributed by atoms with E-state index in [-0.39, 0.29) is 18.1 Å². The summed E-state index contributed by atoms with van der Waals surface area (Å²) in [5.41, 5.74) is 5.15. The third-order valence-corrected chi connectivity index (χ3v) is 6.88. The average Bonchev–Trinajstić information content (AvgIpc) is 3.29. The van der Waals surface area contributed by atoms with Crippen molar-refractivity contribution in [2.45, 2.75) is 32.9 Å². The molecule has 2 N–H and O–H groups in total. The summed E-state index contributed by atoms with van der Waals surface area (Å²) in [5.74, 6) is 0.892. The van der Waals surface area contributed by atoms with Gasteiger partial charge in [0.25, 0.3) is 0 Å². The van der Waals surface area contributed by atoms with Crippen LogP contribution in [0.15, 0.2) is 60.9 Å². The number of piperazine rings is 1. The molecular formula is C27H29ClN6O. The van der Waals surface area contributed by atoms with E-state index in [9.17, 15) is 4.79 Å². The zero-order valence-corrected chi connectivity index (χ0v) is 20.9. The number of H-pyrrole nitrogens is 1. The molecule has 1 aliphatic heterocycles. The molecule has 0 spiro atoms. The first-order valence-corrected chi connectivity index (χ1v) is 12.2. The van der Waals surface area contributed by atoms with Crippen molar-refractivity contribution in [1.82, 2.24) is 25.2 Å². The van der Waals surface area contributed by atoms with Crippen LogP contribution in [0.5, 0.6) is 0 Å². The molecular weight excluding hydrogens is 460 g/mol. The van der Waals surface area contributed by atoms with Gasteiger partial charge in [0.05, 0.1) is 11.4 Å². The Bertz CT molecular complexity index is 1350. The van der Waals surface area contributed by atoms with Gasteiger partial charge in [0.15, 0.2) is 0 Å². The molecule has 3 heterocycles. The maximum atomic E-state index is 13.0. The van der Waals surface area contributed by atoms with Gasteiger partial charge < -0.3 is 20.1 Å². The highest BCUT2D eigenvalue weighted by Gasteiger charge is 2.30. The Hall–Kier alpha value is -3.58. The van der Waals surface area contributed by atoms with Crippen molar-refractivity contribution >= 4 is 34.5 Å². The number of carbonyl (C=O) groups excluding carboxylic acids is 1. The second-order valence-electron chi connectivity index (χ2n) is 9.22. The Morgan fingerprint density at radius 3 is 2.69 bits per heavy atom. The van der Waals surface area contributed by atoms with Crippen LogP contribution in [0.25, 0.3) is 22.3 Å². The summed E-state index contributed by atoms with van der Waals surface area (Å²) >= 11 is 6.11. The van der Waals surface area contributed by atoms with Crippen molar-refractivity contribution in [3.05, 3.63) is 77.1 Å². The number of nitrogens with one attached hydrogen (secondary N) is 2. The second kappa shape index (κ2) is 9.58. The molecule has 1 fully saturated rings. The normalized spacial score (nSPS) is 17.0. The van der Waals surface area contributed by atoms with E-state index in [1.807, 2.05) is 36.1 Å². The molecule has 1 saturated heterocycles. The van der Waals surface area contributed by atoms with Crippen LogP contribution < -0.4 is 10.2 Å². The first-order valence-electron chi connectivity index (χ1n) is 11.9. The molecule has 0 bridgehead atoms. The van der Waals surface area contributed by atoms with Crippen LogP contribution in [0.3, 0.4) is 0 Å². The molecule has 5 rings (SSSR count). The predicted octanol–water partition coefficient (Wildman–Crippen LogP) is 5.57. The average molecular weight is 489 g/mol. The van der Waals surface area contributed by atoms with Crippen LogP contribution in [0.4, 0.5) is 10.6 Å². The Balaban J connectivity index is 1.30. The molecule has 0 saturated carbocycles. The lowest BCUT2D eigenvalue weighted by Gasteiger charge is -2.40. The highest BCUT2D eigenvalue weighted by Crippen LogP contribution is 2.30. The highest BCUT2D eigenvalue weighted by molar-refractivity contribution is 6.30. The fourth-order valence-corrected chi connectivity index (χ4v) is 4.85. The smallest absolute Gasteiger partial charge is 0.318 e. The van der Waals surface area contributed by atoms with Gasteiger partial charge in [-0.2, -0.15) is 0 Å². The lowest BCUT2D eigenvalue weighted by atomic mass is 10.1. The molecule has 1 aliphatic rings. The lowest BCUT2D eigenvalue weighted by molar-refractivity contribution is 0.168. The van der Waals surface area contributed by atoms with E-state index in [2.05, 4.69) is 69.3 Å². The lowest BCUT2D eigenvalue weighted by Crippen LogP contribution is -2.57. The quantitative estimate of drug-likeness (QED) is 0.394. The topological polar surface area (TPSA) is 77.2 Å². The maximum absolute atomic E-state index is 13.0. The molecule has 2 amide bonds. The summed E-state index contributed by atoms with van der Waals surface area (Å²) in [4.78, 5) is 29.7. The minimum Gasteiger partial charge on any atom is -0.352 e. The fraction of sp³-hybridized carbons (Fsp3) is 0.296. The number of aromatic amines is 1. The van der Waals surface area contributed by atoms with Crippen molar-refractivity contribution in [2.24, 2.45) is 0 Å². The molecule has 0 radical (unpaired) electrons. The molecule has 0 aliphatic carbocycles. The third kappa shape index (κ3) is 4.82. The van der Waals surface area contributed by atoms with Crippen LogP contribution in [0, 0.1) is 6.92 Å². The molecule has 35 heavy (non-hydrogen) atoms. The van der Waals surface area contributed by atoms with Gasteiger partial charge in [0.2, 0.25) is 0 Å². The van der Waals surface area contributed by atoms with E-state index >= 15 is 0 Å². The second-order valence-corrected chi connectivity index (χ2v) is 9.66. The fourth-order valence-electron chi connectivity index (χ4n) is 4.65. The monoisotopic (exact) mass is 488 g/mol. The molecule has 0 unspecified atom stereocenters. The number of hydrogen-bond donors (Lipinski definition) is 2. The van der Waals surface area contributed by atoms with Gasteiger partial charge in [-0.05, 0) is 50.1 Å². The summed E-state index contributed by atoms with van der Waals surface area (Å²) in [6.45, 7) is 8.12. The van der Waals surface area contributed by atoms with Gasteiger partial charge >= 0.3 is 6.03 Å². The number of rotatable bonds is 4. The minimum absolute atomic E-state index is 0.0239. The van der Waals surface area contributed by atoms with E-state index in [0.717, 1.165) is 33.7 Å². The molecule has 2 aromatic carbocycles.